The van der Waals surface area contributed by atoms with Gasteiger partial charge in [0, 0.05) is 28.2 Å². The lowest BCUT2D eigenvalue weighted by Gasteiger charge is -2.34. The highest BCUT2D eigenvalue weighted by Crippen LogP contribution is 2.37. The van der Waals surface area contributed by atoms with E-state index in [9.17, 15) is 9.59 Å². The van der Waals surface area contributed by atoms with Gasteiger partial charge in [-0.05, 0) is 67.6 Å². The van der Waals surface area contributed by atoms with Crippen LogP contribution < -0.4 is 24.4 Å². The first-order valence-corrected chi connectivity index (χ1v) is 14.0. The van der Waals surface area contributed by atoms with E-state index in [-0.39, 0.29) is 24.3 Å². The quantitative estimate of drug-likeness (QED) is 0.329. The molecule has 0 saturated heterocycles. The highest BCUT2D eigenvalue weighted by molar-refractivity contribution is 7.10. The van der Waals surface area contributed by atoms with Crippen molar-refractivity contribution in [3.8, 4) is 17.2 Å². The van der Waals surface area contributed by atoms with Crippen molar-refractivity contribution >= 4 is 28.8 Å². The number of carbonyl (C=O) groups excluding carboxylic acids is 2. The van der Waals surface area contributed by atoms with Crippen LogP contribution in [0, 0.1) is 0 Å². The van der Waals surface area contributed by atoms with Gasteiger partial charge >= 0.3 is 0 Å². The van der Waals surface area contributed by atoms with Crippen molar-refractivity contribution in [3.63, 3.8) is 0 Å². The number of anilines is 1. The molecule has 2 amide bonds. The molecule has 0 bridgehead atoms. The van der Waals surface area contributed by atoms with Crippen LogP contribution in [-0.2, 0) is 16.0 Å². The maximum absolute atomic E-state index is 14.1. The van der Waals surface area contributed by atoms with Crippen molar-refractivity contribution in [2.24, 2.45) is 0 Å². The highest BCUT2D eigenvalue weighted by Gasteiger charge is 2.36. The summed E-state index contributed by atoms with van der Waals surface area (Å²) >= 11 is 1.52. The minimum atomic E-state index is -0.941. The molecule has 1 aromatic heterocycles. The number of ether oxygens (including phenoxy) is 3. The number of nitrogens with one attached hydrogen (secondary N) is 1. The summed E-state index contributed by atoms with van der Waals surface area (Å²) in [5.74, 6) is 1.38. The van der Waals surface area contributed by atoms with E-state index >= 15 is 0 Å². The Kier molecular flexibility index (Phi) is 9.65. The highest BCUT2D eigenvalue weighted by atomic mass is 32.1. The summed E-state index contributed by atoms with van der Waals surface area (Å²) < 4.78 is 16.7. The first-order chi connectivity index (χ1) is 18.5. The fraction of sp³-hybridized carbons (Fsp3) is 0.400. The SMILES string of the molecule is CCOc1ccc(N(C(=O)Cc2cccs2)C(C(=O)NC2CCCCC2)c2ccc(OC)cc2OC)cc1. The van der Waals surface area contributed by atoms with Crippen molar-refractivity contribution < 1.29 is 23.8 Å². The van der Waals surface area contributed by atoms with Gasteiger partial charge in [-0.2, -0.15) is 0 Å². The van der Waals surface area contributed by atoms with Gasteiger partial charge in [0.15, 0.2) is 0 Å². The molecule has 38 heavy (non-hydrogen) atoms. The van der Waals surface area contributed by atoms with Gasteiger partial charge in [-0.3, -0.25) is 14.5 Å². The Bertz CT molecular complexity index is 1190. The molecule has 0 spiro atoms. The van der Waals surface area contributed by atoms with Crippen molar-refractivity contribution in [2.45, 2.75) is 57.5 Å². The third-order valence-electron chi connectivity index (χ3n) is 6.79. The van der Waals surface area contributed by atoms with Gasteiger partial charge < -0.3 is 19.5 Å². The van der Waals surface area contributed by atoms with Crippen LogP contribution in [-0.4, -0.2) is 38.7 Å². The van der Waals surface area contributed by atoms with Crippen LogP contribution in [0.2, 0.25) is 0 Å². The zero-order valence-electron chi connectivity index (χ0n) is 22.3. The fourth-order valence-electron chi connectivity index (χ4n) is 4.92. The van der Waals surface area contributed by atoms with Gasteiger partial charge in [0.2, 0.25) is 11.8 Å². The zero-order chi connectivity index (χ0) is 26.9. The van der Waals surface area contributed by atoms with Gasteiger partial charge in [-0.1, -0.05) is 25.3 Å². The van der Waals surface area contributed by atoms with E-state index in [1.807, 2.05) is 54.8 Å². The zero-order valence-corrected chi connectivity index (χ0v) is 23.1. The standard InChI is InChI=1S/C30H36N2O5S/c1-4-37-23-14-12-22(13-15-23)32(28(33)20-25-11-8-18-38-25)29(30(34)31-21-9-6-5-7-10-21)26-17-16-24(35-2)19-27(26)36-3/h8,11-19,21,29H,4-7,9-10,20H2,1-3H3,(H,31,34). The Morgan fingerprint density at radius 3 is 2.37 bits per heavy atom. The summed E-state index contributed by atoms with van der Waals surface area (Å²) in [4.78, 5) is 30.6. The van der Waals surface area contributed by atoms with E-state index in [4.69, 9.17) is 14.2 Å². The molecule has 1 aliphatic rings. The summed E-state index contributed by atoms with van der Waals surface area (Å²) in [5, 5.41) is 5.20. The number of rotatable bonds is 11. The molecule has 202 valence electrons. The second-order valence-corrected chi connectivity index (χ2v) is 10.3. The molecule has 0 radical (unpaired) electrons. The van der Waals surface area contributed by atoms with E-state index in [1.165, 1.54) is 17.8 Å². The van der Waals surface area contributed by atoms with Crippen molar-refractivity contribution in [1.82, 2.24) is 5.32 Å². The summed E-state index contributed by atoms with van der Waals surface area (Å²) in [7, 11) is 3.14. The lowest BCUT2D eigenvalue weighted by atomic mass is 9.94. The van der Waals surface area contributed by atoms with E-state index in [2.05, 4.69) is 5.32 Å². The van der Waals surface area contributed by atoms with Crippen LogP contribution in [0.4, 0.5) is 5.69 Å². The van der Waals surface area contributed by atoms with Gasteiger partial charge in [0.05, 0.1) is 27.2 Å². The number of thiophene rings is 1. The lowest BCUT2D eigenvalue weighted by molar-refractivity contribution is -0.127. The molecule has 1 heterocycles. The smallest absolute Gasteiger partial charge is 0.248 e. The molecule has 3 aromatic rings. The van der Waals surface area contributed by atoms with Crippen molar-refractivity contribution in [2.75, 3.05) is 25.7 Å². The molecule has 1 unspecified atom stereocenters. The fourth-order valence-corrected chi connectivity index (χ4v) is 5.62. The molecular formula is C30H36N2O5S. The Morgan fingerprint density at radius 1 is 1.00 bits per heavy atom. The third kappa shape index (κ3) is 6.67. The Hall–Kier alpha value is -3.52. The second-order valence-electron chi connectivity index (χ2n) is 9.30. The summed E-state index contributed by atoms with van der Waals surface area (Å²) in [6, 6.07) is 15.6. The van der Waals surface area contributed by atoms with Gasteiger partial charge in [0.25, 0.3) is 0 Å². The Morgan fingerprint density at radius 2 is 1.74 bits per heavy atom. The van der Waals surface area contributed by atoms with Crippen LogP contribution in [0.25, 0.3) is 0 Å². The number of methoxy groups -OCH3 is 2. The van der Waals surface area contributed by atoms with E-state index < -0.39 is 6.04 Å². The monoisotopic (exact) mass is 536 g/mol. The van der Waals surface area contributed by atoms with E-state index in [1.54, 1.807) is 31.3 Å². The minimum Gasteiger partial charge on any atom is -0.497 e. The number of benzene rings is 2. The summed E-state index contributed by atoms with van der Waals surface area (Å²) in [6.07, 6.45) is 5.40. The van der Waals surface area contributed by atoms with Gasteiger partial charge in [-0.15, -0.1) is 11.3 Å². The molecule has 8 heteroatoms. The third-order valence-corrected chi connectivity index (χ3v) is 7.67. The van der Waals surface area contributed by atoms with Gasteiger partial charge in [0.1, 0.15) is 23.3 Å². The molecule has 4 rings (SSSR count). The molecule has 2 aromatic carbocycles. The topological polar surface area (TPSA) is 77.1 Å². The van der Waals surface area contributed by atoms with Crippen molar-refractivity contribution in [3.05, 3.63) is 70.4 Å². The van der Waals surface area contributed by atoms with Crippen LogP contribution in [0.1, 0.15) is 55.5 Å². The number of hydrogen-bond acceptors (Lipinski definition) is 6. The number of nitrogens with zero attached hydrogens (tertiary/aromatic N) is 1. The molecule has 1 N–H and O–H groups in total. The van der Waals surface area contributed by atoms with Crippen molar-refractivity contribution in [1.29, 1.82) is 0 Å². The largest absolute Gasteiger partial charge is 0.497 e. The minimum absolute atomic E-state index is 0.0811. The summed E-state index contributed by atoms with van der Waals surface area (Å²) in [5.41, 5.74) is 1.20. The van der Waals surface area contributed by atoms with E-state index in [0.717, 1.165) is 30.6 Å². The van der Waals surface area contributed by atoms with Crippen LogP contribution in [0.15, 0.2) is 60.0 Å². The van der Waals surface area contributed by atoms with Crippen LogP contribution in [0.3, 0.4) is 0 Å². The lowest BCUT2D eigenvalue weighted by Crippen LogP contribution is -2.47. The normalized spacial score (nSPS) is 14.4. The maximum atomic E-state index is 14.1. The molecule has 1 fully saturated rings. The van der Waals surface area contributed by atoms with Gasteiger partial charge in [-0.25, -0.2) is 0 Å². The average Bonchev–Trinajstić information content (AvgIpc) is 3.45. The molecule has 1 atom stereocenters. The molecule has 1 aliphatic carbocycles. The Balaban J connectivity index is 1.80. The molecule has 0 aliphatic heterocycles. The number of amides is 2. The Labute approximate surface area is 228 Å². The number of hydrogen-bond donors (Lipinski definition) is 1. The first kappa shape index (κ1) is 27.5. The average molecular weight is 537 g/mol. The van der Waals surface area contributed by atoms with Crippen LogP contribution in [0.5, 0.6) is 17.2 Å². The molecule has 1 saturated carbocycles. The maximum Gasteiger partial charge on any atom is 0.248 e. The second kappa shape index (κ2) is 13.3. The predicted octanol–water partition coefficient (Wildman–Crippen LogP) is 5.93. The number of carbonyl (C=O) groups is 2. The molecular weight excluding hydrogens is 500 g/mol. The summed E-state index contributed by atoms with van der Waals surface area (Å²) in [6.45, 7) is 2.46. The van der Waals surface area contributed by atoms with Crippen LogP contribution >= 0.6 is 11.3 Å². The molecule has 7 nitrogen and oxygen atoms in total. The first-order valence-electron chi connectivity index (χ1n) is 13.1. The predicted molar refractivity (Wildman–Crippen MR) is 150 cm³/mol. The van der Waals surface area contributed by atoms with E-state index in [0.29, 0.717) is 35.1 Å².